The van der Waals surface area contributed by atoms with Crippen LogP contribution in [0, 0.1) is 18.7 Å². The van der Waals surface area contributed by atoms with Gasteiger partial charge in [-0.25, -0.2) is 13.3 Å². The van der Waals surface area contributed by atoms with Crippen LogP contribution in [0.2, 0.25) is 0 Å². The number of piperidine rings is 1. The number of anilines is 1. The van der Waals surface area contributed by atoms with E-state index in [0.29, 0.717) is 48.7 Å². The van der Waals surface area contributed by atoms with E-state index in [-0.39, 0.29) is 41.7 Å². The van der Waals surface area contributed by atoms with Crippen molar-refractivity contribution in [3.63, 3.8) is 0 Å². The quantitative estimate of drug-likeness (QED) is 0.650. The van der Waals surface area contributed by atoms with Crippen LogP contribution in [0.15, 0.2) is 29.3 Å². The van der Waals surface area contributed by atoms with E-state index in [2.05, 4.69) is 10.0 Å². The highest BCUT2D eigenvalue weighted by atomic mass is 32.2. The van der Waals surface area contributed by atoms with E-state index in [1.807, 2.05) is 11.8 Å². The first-order valence-corrected chi connectivity index (χ1v) is 13.3. The molecule has 2 saturated heterocycles. The second-order valence-electron chi connectivity index (χ2n) is 9.99. The van der Waals surface area contributed by atoms with Gasteiger partial charge in [-0.2, -0.15) is 0 Å². The molecule has 4 heterocycles. The van der Waals surface area contributed by atoms with Crippen LogP contribution >= 0.6 is 0 Å². The molecule has 5 rings (SSSR count). The average Bonchev–Trinajstić information content (AvgIpc) is 3.43. The normalized spacial score (nSPS) is 27.9. The van der Waals surface area contributed by atoms with Crippen LogP contribution in [0.1, 0.15) is 42.2 Å². The molecule has 0 spiro atoms. The summed E-state index contributed by atoms with van der Waals surface area (Å²) >= 11 is 0. The van der Waals surface area contributed by atoms with E-state index in [0.717, 1.165) is 6.42 Å². The molecule has 1 aromatic heterocycles. The van der Waals surface area contributed by atoms with Gasteiger partial charge in [-0.15, -0.1) is 0 Å². The van der Waals surface area contributed by atoms with Gasteiger partial charge in [0.05, 0.1) is 6.61 Å². The molecule has 2 fully saturated rings. The number of hydrogen-bond donors (Lipinski definition) is 2. The van der Waals surface area contributed by atoms with Gasteiger partial charge in [-0.3, -0.25) is 9.59 Å². The standard InChI is InChI=1S/C25H31FN4O5S/c1-15-11-17(5-6-18(15)26)27-23(31)21-22-20(13-29(21)3)36(33)28-19-7-9-30(12-16(19)14-34-22)24(32)25(2)8-4-10-35-25/h5-6,11,13,16,19,28H,4,7-10,12,14H2,1-3H3,(H,27,31). The van der Waals surface area contributed by atoms with E-state index in [9.17, 15) is 18.2 Å². The van der Waals surface area contributed by atoms with E-state index >= 15 is 0 Å². The fourth-order valence-corrected chi connectivity index (χ4v) is 6.53. The Morgan fingerprint density at radius 3 is 2.86 bits per heavy atom. The van der Waals surface area contributed by atoms with Gasteiger partial charge in [0.25, 0.3) is 11.8 Å². The van der Waals surface area contributed by atoms with Crippen molar-refractivity contribution in [3.8, 4) is 5.75 Å². The zero-order valence-corrected chi connectivity index (χ0v) is 21.5. The second-order valence-corrected chi connectivity index (χ2v) is 11.2. The number of nitrogens with zero attached hydrogens (tertiary/aromatic N) is 2. The number of aromatic nitrogens is 1. The molecular formula is C25H31FN4O5S. The van der Waals surface area contributed by atoms with Crippen molar-refractivity contribution in [1.82, 2.24) is 14.2 Å². The maximum absolute atomic E-state index is 13.6. The first-order valence-electron chi connectivity index (χ1n) is 12.2. The fourth-order valence-electron chi connectivity index (χ4n) is 5.24. The van der Waals surface area contributed by atoms with Gasteiger partial charge in [0.1, 0.15) is 27.3 Å². The molecule has 9 nitrogen and oxygen atoms in total. The third kappa shape index (κ3) is 4.55. The Bertz CT molecular complexity index is 1230. The number of carbonyl (C=O) groups excluding carboxylic acids is 2. The summed E-state index contributed by atoms with van der Waals surface area (Å²) in [5.41, 5.74) is 0.289. The molecule has 2 amide bonds. The molecule has 36 heavy (non-hydrogen) atoms. The molecule has 4 atom stereocenters. The maximum Gasteiger partial charge on any atom is 0.276 e. The van der Waals surface area contributed by atoms with Crippen LogP contribution in [-0.2, 0) is 27.6 Å². The molecule has 3 aliphatic rings. The predicted octanol–water partition coefficient (Wildman–Crippen LogP) is 2.52. The number of ether oxygens (including phenoxy) is 2. The maximum atomic E-state index is 13.6. The summed E-state index contributed by atoms with van der Waals surface area (Å²) in [6.07, 6.45) is 3.83. The van der Waals surface area contributed by atoms with Gasteiger partial charge in [-0.1, -0.05) is 0 Å². The van der Waals surface area contributed by atoms with Crippen LogP contribution in [0.4, 0.5) is 10.1 Å². The van der Waals surface area contributed by atoms with E-state index in [1.54, 1.807) is 30.8 Å². The van der Waals surface area contributed by atoms with Crippen LogP contribution in [0.25, 0.3) is 0 Å². The minimum Gasteiger partial charge on any atom is -0.489 e. The van der Waals surface area contributed by atoms with Crippen LogP contribution in [0.3, 0.4) is 0 Å². The number of nitrogens with one attached hydrogen (secondary N) is 2. The number of halogens is 1. The van der Waals surface area contributed by atoms with E-state index in [4.69, 9.17) is 9.47 Å². The highest BCUT2D eigenvalue weighted by molar-refractivity contribution is 7.83. The summed E-state index contributed by atoms with van der Waals surface area (Å²) in [7, 11) is 0.0795. The minimum atomic E-state index is -1.61. The highest BCUT2D eigenvalue weighted by Crippen LogP contribution is 2.34. The summed E-state index contributed by atoms with van der Waals surface area (Å²) < 4.78 is 43.6. The predicted molar refractivity (Wildman–Crippen MR) is 132 cm³/mol. The van der Waals surface area contributed by atoms with Crippen molar-refractivity contribution in [2.45, 2.75) is 49.6 Å². The summed E-state index contributed by atoms with van der Waals surface area (Å²) in [5, 5.41) is 2.78. The molecule has 0 aliphatic carbocycles. The SMILES string of the molecule is Cc1cc(NC(=O)c2c3c(cn2C)S(=O)NC2CCN(C(=O)C4(C)CCCO4)CC2CO3)ccc1F. The number of likely N-dealkylation sites (tertiary alicyclic amines) is 1. The summed E-state index contributed by atoms with van der Waals surface area (Å²) in [6, 6.07) is 4.23. The Hall–Kier alpha value is -2.76. The Balaban J connectivity index is 1.36. The number of rotatable bonds is 3. The monoisotopic (exact) mass is 518 g/mol. The number of benzene rings is 1. The van der Waals surface area contributed by atoms with Crippen molar-refractivity contribution in [2.24, 2.45) is 13.0 Å². The number of hydrogen-bond acceptors (Lipinski definition) is 5. The molecule has 0 saturated carbocycles. The van der Waals surface area contributed by atoms with Gasteiger partial charge in [0.2, 0.25) is 0 Å². The van der Waals surface area contributed by atoms with E-state index < -0.39 is 22.5 Å². The van der Waals surface area contributed by atoms with Crippen molar-refractivity contribution >= 4 is 28.5 Å². The van der Waals surface area contributed by atoms with Crippen molar-refractivity contribution in [2.75, 3.05) is 31.6 Å². The molecule has 4 unspecified atom stereocenters. The lowest BCUT2D eigenvalue weighted by Gasteiger charge is -2.41. The minimum absolute atomic E-state index is 0.0170. The first-order chi connectivity index (χ1) is 17.2. The largest absolute Gasteiger partial charge is 0.489 e. The lowest BCUT2D eigenvalue weighted by Crippen LogP contribution is -2.57. The molecule has 0 radical (unpaired) electrons. The van der Waals surface area contributed by atoms with Gasteiger partial charge in [0.15, 0.2) is 11.4 Å². The molecule has 3 aliphatic heterocycles. The van der Waals surface area contributed by atoms with Crippen molar-refractivity contribution in [1.29, 1.82) is 0 Å². The Morgan fingerprint density at radius 2 is 2.14 bits per heavy atom. The molecule has 2 N–H and O–H groups in total. The number of carbonyl (C=O) groups is 2. The van der Waals surface area contributed by atoms with Crippen LogP contribution in [0.5, 0.6) is 5.75 Å². The number of aryl methyl sites for hydroxylation is 2. The molecule has 1 aromatic carbocycles. The zero-order chi connectivity index (χ0) is 25.6. The Morgan fingerprint density at radius 1 is 1.33 bits per heavy atom. The zero-order valence-electron chi connectivity index (χ0n) is 20.6. The Labute approximate surface area is 211 Å². The van der Waals surface area contributed by atoms with Crippen LogP contribution in [-0.4, -0.2) is 63.4 Å². The van der Waals surface area contributed by atoms with Gasteiger partial charge >= 0.3 is 0 Å². The van der Waals surface area contributed by atoms with Crippen molar-refractivity contribution in [3.05, 3.63) is 41.5 Å². The Kier molecular flexibility index (Phi) is 6.65. The molecular weight excluding hydrogens is 487 g/mol. The van der Waals surface area contributed by atoms with E-state index in [1.165, 1.54) is 12.1 Å². The highest BCUT2D eigenvalue weighted by Gasteiger charge is 2.44. The fraction of sp³-hybridized carbons (Fsp3) is 0.520. The molecule has 11 heteroatoms. The lowest BCUT2D eigenvalue weighted by molar-refractivity contribution is -0.153. The average molecular weight is 519 g/mol. The van der Waals surface area contributed by atoms with Crippen LogP contribution < -0.4 is 14.8 Å². The first kappa shape index (κ1) is 24.9. The van der Waals surface area contributed by atoms with Gasteiger partial charge in [-0.05, 0) is 56.9 Å². The topological polar surface area (TPSA) is 102 Å². The number of fused-ring (bicyclic) bond motifs is 2. The lowest BCUT2D eigenvalue weighted by atomic mass is 9.91. The summed E-state index contributed by atoms with van der Waals surface area (Å²) in [4.78, 5) is 28.6. The second kappa shape index (κ2) is 9.60. The third-order valence-electron chi connectivity index (χ3n) is 7.33. The molecule has 0 bridgehead atoms. The number of amides is 2. The van der Waals surface area contributed by atoms with Crippen molar-refractivity contribution < 1.29 is 27.7 Å². The molecule has 194 valence electrons. The summed E-state index contributed by atoms with van der Waals surface area (Å²) in [5.74, 6) is -0.694. The summed E-state index contributed by atoms with van der Waals surface area (Å²) in [6.45, 7) is 5.31. The van der Waals surface area contributed by atoms with Gasteiger partial charge in [0, 0.05) is 50.6 Å². The smallest absolute Gasteiger partial charge is 0.276 e. The van der Waals surface area contributed by atoms with Gasteiger partial charge < -0.3 is 24.3 Å². The third-order valence-corrected chi connectivity index (χ3v) is 8.53. The molecule has 2 aromatic rings.